The maximum atomic E-state index is 12.3. The molecule has 1 saturated heterocycles. The van der Waals surface area contributed by atoms with E-state index in [0.717, 1.165) is 9.35 Å². The van der Waals surface area contributed by atoms with Gasteiger partial charge in [-0.15, -0.1) is 26.9 Å². The average Bonchev–Trinajstić information content (AvgIpc) is 3.29. The number of thioether (sulfide) groups is 1. The van der Waals surface area contributed by atoms with Crippen molar-refractivity contribution in [3.8, 4) is 0 Å². The molecule has 3 heterocycles. The van der Waals surface area contributed by atoms with E-state index in [4.69, 9.17) is 16.3 Å². The molecule has 2 aromatic heterocycles. The Morgan fingerprint density at radius 1 is 1.29 bits per heavy atom. The van der Waals surface area contributed by atoms with Crippen LogP contribution in [-0.2, 0) is 11.3 Å². The fraction of sp³-hybridized carbons (Fsp3) is 0.778. The second-order valence-corrected chi connectivity index (χ2v) is 11.5. The third kappa shape index (κ3) is 5.85. The second-order valence-electron chi connectivity index (χ2n) is 9.12. The minimum atomic E-state index is -0.525. The number of nitrogens with zero attached hydrogens (tertiary/aromatic N) is 7. The lowest BCUT2D eigenvalue weighted by atomic mass is 9.85. The summed E-state index contributed by atoms with van der Waals surface area (Å²) < 4.78 is 8.15. The fourth-order valence-electron chi connectivity index (χ4n) is 3.11. The Morgan fingerprint density at radius 3 is 2.58 bits per heavy atom. The molecule has 0 bridgehead atoms. The van der Waals surface area contributed by atoms with Crippen LogP contribution < -0.4 is 5.32 Å². The highest BCUT2D eigenvalue weighted by Gasteiger charge is 2.40. The van der Waals surface area contributed by atoms with E-state index in [-0.39, 0.29) is 23.6 Å². The van der Waals surface area contributed by atoms with Gasteiger partial charge in [0.05, 0.1) is 18.6 Å². The van der Waals surface area contributed by atoms with Crippen LogP contribution in [0.2, 0.25) is 0 Å². The van der Waals surface area contributed by atoms with E-state index in [0.29, 0.717) is 31.3 Å². The van der Waals surface area contributed by atoms with E-state index >= 15 is 0 Å². The first-order valence-corrected chi connectivity index (χ1v) is 12.5. The van der Waals surface area contributed by atoms with Crippen LogP contribution in [0.5, 0.6) is 0 Å². The molecule has 1 aliphatic heterocycles. The number of tetrazole rings is 1. The summed E-state index contributed by atoms with van der Waals surface area (Å²) in [7, 11) is 0. The molecule has 1 fully saturated rings. The van der Waals surface area contributed by atoms with Crippen molar-refractivity contribution in [1.29, 1.82) is 0 Å². The summed E-state index contributed by atoms with van der Waals surface area (Å²) in [5.74, 6) is 1.10. The van der Waals surface area contributed by atoms with Gasteiger partial charge in [0.1, 0.15) is 10.6 Å². The molecule has 1 N–H and O–H groups in total. The number of amides is 1. The maximum absolute atomic E-state index is 12.3. The minimum Gasteiger partial charge on any atom is -0.444 e. The molecule has 31 heavy (non-hydrogen) atoms. The first-order chi connectivity index (χ1) is 14.5. The second kappa shape index (κ2) is 9.55. The SMILES string of the molecule is CSc1nnc(CNC(c2nnnn2C2CN(C(=O)OC(C)(C)C)C2)C(C)(C)CCl)s1. The third-order valence-electron chi connectivity index (χ3n) is 4.84. The highest BCUT2D eigenvalue weighted by atomic mass is 35.5. The lowest BCUT2D eigenvalue weighted by Gasteiger charge is -2.41. The number of ether oxygens (including phenoxy) is 1. The standard InChI is InChI=1S/C18H29ClN8O2S2/c1-17(2,3)29-16(28)26-8-11(9-26)27-14(22-24-25-27)13(18(4,5)10-19)20-7-12-21-23-15(30-6)31-12/h11,13,20H,7-10H2,1-6H3. The molecule has 2 aromatic rings. The van der Waals surface area contributed by atoms with Crippen molar-refractivity contribution < 1.29 is 9.53 Å². The maximum Gasteiger partial charge on any atom is 0.410 e. The summed E-state index contributed by atoms with van der Waals surface area (Å²) in [6.07, 6.45) is 1.65. The van der Waals surface area contributed by atoms with Gasteiger partial charge in [-0.3, -0.25) is 0 Å². The molecule has 13 heteroatoms. The van der Waals surface area contributed by atoms with Gasteiger partial charge in [0, 0.05) is 24.4 Å². The lowest BCUT2D eigenvalue weighted by Crippen LogP contribution is -2.53. The average molecular weight is 489 g/mol. The summed E-state index contributed by atoms with van der Waals surface area (Å²) in [6, 6.07) is -0.227. The summed E-state index contributed by atoms with van der Waals surface area (Å²) in [4.78, 5) is 13.9. The number of hydrogen-bond donors (Lipinski definition) is 1. The van der Waals surface area contributed by atoms with E-state index in [1.807, 2.05) is 27.0 Å². The summed E-state index contributed by atoms with van der Waals surface area (Å²) >= 11 is 9.43. The van der Waals surface area contributed by atoms with Crippen molar-refractivity contribution in [2.75, 3.05) is 25.2 Å². The minimum absolute atomic E-state index is 0.0161. The van der Waals surface area contributed by atoms with Crippen LogP contribution in [0.25, 0.3) is 0 Å². The third-order valence-corrected chi connectivity index (χ3v) is 7.43. The number of carbonyl (C=O) groups is 1. The highest BCUT2D eigenvalue weighted by Crippen LogP contribution is 2.36. The predicted octanol–water partition coefficient (Wildman–Crippen LogP) is 3.13. The van der Waals surface area contributed by atoms with Gasteiger partial charge in [0.15, 0.2) is 10.2 Å². The molecule has 0 spiro atoms. The number of aromatic nitrogens is 6. The molecule has 1 amide bonds. The summed E-state index contributed by atoms with van der Waals surface area (Å²) in [5, 5.41) is 25.2. The molecule has 3 rings (SSSR count). The monoisotopic (exact) mass is 488 g/mol. The first-order valence-electron chi connectivity index (χ1n) is 9.95. The van der Waals surface area contributed by atoms with Gasteiger partial charge in [0.25, 0.3) is 0 Å². The Kier molecular flexibility index (Phi) is 7.44. The van der Waals surface area contributed by atoms with Gasteiger partial charge in [-0.05, 0) is 37.5 Å². The van der Waals surface area contributed by atoms with E-state index in [1.54, 1.807) is 32.7 Å². The highest BCUT2D eigenvalue weighted by molar-refractivity contribution is 8.00. The van der Waals surface area contributed by atoms with Crippen LogP contribution in [-0.4, -0.2) is 72.2 Å². The zero-order valence-electron chi connectivity index (χ0n) is 18.6. The van der Waals surface area contributed by atoms with Gasteiger partial charge < -0.3 is 15.0 Å². The number of rotatable bonds is 8. The number of hydrogen-bond acceptors (Lipinski definition) is 10. The van der Waals surface area contributed by atoms with Crippen LogP contribution in [0, 0.1) is 5.41 Å². The predicted molar refractivity (Wildman–Crippen MR) is 120 cm³/mol. The van der Waals surface area contributed by atoms with Crippen LogP contribution in [0.4, 0.5) is 4.79 Å². The number of alkyl halides is 1. The Morgan fingerprint density at radius 2 is 2.00 bits per heavy atom. The molecule has 1 aliphatic rings. The van der Waals surface area contributed by atoms with Gasteiger partial charge in [-0.25, -0.2) is 9.48 Å². The van der Waals surface area contributed by atoms with E-state index in [1.165, 1.54) is 0 Å². The van der Waals surface area contributed by atoms with E-state index in [2.05, 4.69) is 44.9 Å². The van der Waals surface area contributed by atoms with Crippen molar-refractivity contribution in [2.24, 2.45) is 5.41 Å². The molecule has 10 nitrogen and oxygen atoms in total. The van der Waals surface area contributed by atoms with Crippen molar-refractivity contribution >= 4 is 40.8 Å². The Balaban J connectivity index is 1.72. The largest absolute Gasteiger partial charge is 0.444 e. The van der Waals surface area contributed by atoms with Gasteiger partial charge in [0.2, 0.25) is 0 Å². The van der Waals surface area contributed by atoms with Crippen LogP contribution in [0.3, 0.4) is 0 Å². The van der Waals surface area contributed by atoms with Gasteiger partial charge >= 0.3 is 6.09 Å². The van der Waals surface area contributed by atoms with Crippen molar-refractivity contribution in [2.45, 2.75) is 63.2 Å². The van der Waals surface area contributed by atoms with Crippen LogP contribution in [0.1, 0.15) is 57.5 Å². The molecular formula is C18H29ClN8O2S2. The number of likely N-dealkylation sites (tertiary alicyclic amines) is 1. The zero-order valence-corrected chi connectivity index (χ0v) is 21.0. The Bertz CT molecular complexity index is 891. The molecule has 0 aliphatic carbocycles. The van der Waals surface area contributed by atoms with Crippen molar-refractivity contribution in [3.63, 3.8) is 0 Å². The number of halogens is 1. The van der Waals surface area contributed by atoms with Gasteiger partial charge in [-0.1, -0.05) is 36.9 Å². The fourth-order valence-corrected chi connectivity index (χ4v) is 4.53. The molecule has 1 unspecified atom stereocenters. The van der Waals surface area contributed by atoms with Crippen molar-refractivity contribution in [3.05, 3.63) is 10.8 Å². The molecule has 0 radical (unpaired) electrons. The molecular weight excluding hydrogens is 460 g/mol. The number of carbonyl (C=O) groups excluding carboxylic acids is 1. The molecule has 172 valence electrons. The lowest BCUT2D eigenvalue weighted by molar-refractivity contribution is -0.00154. The Labute approximate surface area is 195 Å². The normalized spacial score (nSPS) is 16.3. The molecule has 0 saturated carbocycles. The zero-order chi connectivity index (χ0) is 22.8. The Hall–Kier alpha value is -1.50. The van der Waals surface area contributed by atoms with E-state index in [9.17, 15) is 4.79 Å². The van der Waals surface area contributed by atoms with Crippen molar-refractivity contribution in [1.82, 2.24) is 40.6 Å². The topological polar surface area (TPSA) is 111 Å². The molecule has 0 aromatic carbocycles. The van der Waals surface area contributed by atoms with E-state index < -0.39 is 5.60 Å². The first kappa shape index (κ1) is 24.1. The summed E-state index contributed by atoms with van der Waals surface area (Å²) in [5.41, 5.74) is -0.849. The van der Waals surface area contributed by atoms with Crippen LogP contribution in [0.15, 0.2) is 4.34 Å². The molecule has 1 atom stereocenters. The van der Waals surface area contributed by atoms with Gasteiger partial charge in [-0.2, -0.15) is 0 Å². The number of nitrogens with one attached hydrogen (secondary N) is 1. The quantitative estimate of drug-likeness (QED) is 0.442. The summed E-state index contributed by atoms with van der Waals surface area (Å²) in [6.45, 7) is 11.2. The van der Waals surface area contributed by atoms with Crippen LogP contribution >= 0.6 is 34.7 Å². The smallest absolute Gasteiger partial charge is 0.410 e.